The van der Waals surface area contributed by atoms with Crippen molar-refractivity contribution >= 4 is 5.91 Å². The zero-order valence-electron chi connectivity index (χ0n) is 16.1. The van der Waals surface area contributed by atoms with Crippen LogP contribution in [0.3, 0.4) is 0 Å². The summed E-state index contributed by atoms with van der Waals surface area (Å²) in [6.07, 6.45) is 0. The molecule has 0 radical (unpaired) electrons. The molecule has 28 heavy (non-hydrogen) atoms. The lowest BCUT2D eigenvalue weighted by molar-refractivity contribution is 0.1000. The number of primary amides is 1. The summed E-state index contributed by atoms with van der Waals surface area (Å²) < 4.78 is 18.5. The van der Waals surface area contributed by atoms with Crippen LogP contribution in [0.1, 0.15) is 27.3 Å². The van der Waals surface area contributed by atoms with Gasteiger partial charge in [0, 0.05) is 29.1 Å². The summed E-state index contributed by atoms with van der Waals surface area (Å²) in [5, 5.41) is 0. The van der Waals surface area contributed by atoms with Crippen molar-refractivity contribution in [3.05, 3.63) is 65.0 Å². The van der Waals surface area contributed by atoms with Crippen LogP contribution in [0.15, 0.2) is 42.5 Å². The molecular weight excluding hydrogens is 356 g/mol. The maximum Gasteiger partial charge on any atom is 0.251 e. The number of aromatic nitrogens is 1. The third-order valence-corrected chi connectivity index (χ3v) is 5.18. The van der Waals surface area contributed by atoms with Gasteiger partial charge in [0.15, 0.2) is 11.5 Å². The number of para-hydroxylation sites is 1. The van der Waals surface area contributed by atoms with E-state index in [-0.39, 0.29) is 6.79 Å². The summed E-state index contributed by atoms with van der Waals surface area (Å²) in [5.74, 6) is 1.73. The van der Waals surface area contributed by atoms with Crippen molar-refractivity contribution in [1.82, 2.24) is 4.57 Å². The number of rotatable bonds is 5. The molecule has 0 bridgehead atoms. The molecule has 6 nitrogen and oxygen atoms in total. The van der Waals surface area contributed by atoms with Crippen LogP contribution in [0.4, 0.5) is 0 Å². The zero-order valence-corrected chi connectivity index (χ0v) is 16.1. The number of hydrogen-bond acceptors (Lipinski definition) is 4. The summed E-state index contributed by atoms with van der Waals surface area (Å²) in [5.41, 5.74) is 10.8. The van der Waals surface area contributed by atoms with Gasteiger partial charge in [-0.15, -0.1) is 0 Å². The third kappa shape index (κ3) is 2.87. The number of carbonyl (C=O) groups is 1. The minimum atomic E-state index is -0.453. The number of nitrogens with zero attached hydrogens (tertiary/aromatic N) is 1. The maximum atomic E-state index is 12.3. The van der Waals surface area contributed by atoms with Crippen molar-refractivity contribution in [2.24, 2.45) is 5.73 Å². The first-order valence-corrected chi connectivity index (χ1v) is 9.02. The monoisotopic (exact) mass is 378 g/mol. The average molecular weight is 378 g/mol. The first-order valence-electron chi connectivity index (χ1n) is 9.02. The van der Waals surface area contributed by atoms with Crippen molar-refractivity contribution in [3.63, 3.8) is 0 Å². The maximum absolute atomic E-state index is 12.3. The van der Waals surface area contributed by atoms with Gasteiger partial charge in [-0.05, 0) is 37.6 Å². The van der Waals surface area contributed by atoms with Gasteiger partial charge in [-0.3, -0.25) is 4.79 Å². The Labute approximate surface area is 163 Å². The highest BCUT2D eigenvalue weighted by atomic mass is 16.7. The van der Waals surface area contributed by atoms with E-state index in [9.17, 15) is 4.79 Å². The number of methoxy groups -OCH3 is 1. The number of amides is 1. The van der Waals surface area contributed by atoms with Gasteiger partial charge in [-0.25, -0.2) is 0 Å². The Hall–Kier alpha value is -3.41. The van der Waals surface area contributed by atoms with Gasteiger partial charge in [0.25, 0.3) is 5.91 Å². The van der Waals surface area contributed by atoms with Gasteiger partial charge in [0.05, 0.1) is 12.7 Å². The van der Waals surface area contributed by atoms with Crippen LogP contribution in [0, 0.1) is 13.8 Å². The molecule has 4 rings (SSSR count). The lowest BCUT2D eigenvalue weighted by atomic mass is 9.99. The van der Waals surface area contributed by atoms with Crippen molar-refractivity contribution < 1.29 is 19.0 Å². The van der Waals surface area contributed by atoms with E-state index in [2.05, 4.69) is 4.57 Å². The van der Waals surface area contributed by atoms with Crippen LogP contribution in [-0.2, 0) is 6.54 Å². The largest absolute Gasteiger partial charge is 0.496 e. The van der Waals surface area contributed by atoms with E-state index >= 15 is 0 Å². The molecule has 0 saturated carbocycles. The van der Waals surface area contributed by atoms with E-state index < -0.39 is 5.91 Å². The Balaban J connectivity index is 1.84. The van der Waals surface area contributed by atoms with Crippen LogP contribution in [0.5, 0.6) is 17.2 Å². The summed E-state index contributed by atoms with van der Waals surface area (Å²) in [6.45, 7) is 4.74. The molecule has 0 unspecified atom stereocenters. The Kier molecular flexibility index (Phi) is 4.47. The molecule has 6 heteroatoms. The Bertz CT molecular complexity index is 1070. The van der Waals surface area contributed by atoms with Gasteiger partial charge < -0.3 is 24.5 Å². The average Bonchev–Trinajstić information content (AvgIpc) is 3.25. The van der Waals surface area contributed by atoms with Gasteiger partial charge in [-0.1, -0.05) is 24.3 Å². The highest BCUT2D eigenvalue weighted by Gasteiger charge is 2.25. The molecule has 1 aliphatic rings. The molecule has 2 aromatic carbocycles. The van der Waals surface area contributed by atoms with Crippen molar-refractivity contribution in [2.75, 3.05) is 13.9 Å². The second-order valence-corrected chi connectivity index (χ2v) is 6.76. The first-order chi connectivity index (χ1) is 13.5. The topological polar surface area (TPSA) is 75.7 Å². The molecule has 3 aromatic rings. The number of fused-ring (bicyclic) bond motifs is 1. The van der Waals surface area contributed by atoms with Gasteiger partial charge in [0.1, 0.15) is 5.75 Å². The van der Waals surface area contributed by atoms with E-state index in [1.165, 1.54) is 0 Å². The number of hydrogen-bond donors (Lipinski definition) is 1. The van der Waals surface area contributed by atoms with Gasteiger partial charge >= 0.3 is 0 Å². The van der Waals surface area contributed by atoms with E-state index in [0.29, 0.717) is 17.9 Å². The van der Waals surface area contributed by atoms with Crippen LogP contribution in [0.25, 0.3) is 11.1 Å². The van der Waals surface area contributed by atoms with E-state index in [0.717, 1.165) is 39.6 Å². The predicted octanol–water partition coefficient (Wildman–Crippen LogP) is 3.66. The predicted molar refractivity (Wildman–Crippen MR) is 106 cm³/mol. The van der Waals surface area contributed by atoms with Crippen LogP contribution in [-0.4, -0.2) is 24.4 Å². The zero-order chi connectivity index (χ0) is 19.8. The Morgan fingerprint density at radius 3 is 2.61 bits per heavy atom. The van der Waals surface area contributed by atoms with E-state index in [1.54, 1.807) is 7.11 Å². The molecular formula is C22H22N2O4. The molecule has 2 heterocycles. The minimum absolute atomic E-state index is 0.240. The second-order valence-electron chi connectivity index (χ2n) is 6.76. The Morgan fingerprint density at radius 1 is 1.11 bits per heavy atom. The van der Waals surface area contributed by atoms with Crippen LogP contribution < -0.4 is 19.9 Å². The highest BCUT2D eigenvalue weighted by Crippen LogP contribution is 2.38. The SMILES string of the molecule is COc1ccccc1-c1c(C(N)=O)c(C)n(Cc2ccc3c(c2)OCO3)c1C. The molecule has 0 aliphatic carbocycles. The summed E-state index contributed by atoms with van der Waals surface area (Å²) in [7, 11) is 1.62. The molecule has 0 saturated heterocycles. The fourth-order valence-electron chi connectivity index (χ4n) is 3.82. The van der Waals surface area contributed by atoms with Crippen LogP contribution in [0.2, 0.25) is 0 Å². The third-order valence-electron chi connectivity index (χ3n) is 5.18. The summed E-state index contributed by atoms with van der Waals surface area (Å²) >= 11 is 0. The highest BCUT2D eigenvalue weighted by molar-refractivity contribution is 6.02. The van der Waals surface area contributed by atoms with Gasteiger partial charge in [-0.2, -0.15) is 0 Å². The second kappa shape index (κ2) is 6.96. The van der Waals surface area contributed by atoms with Gasteiger partial charge in [0.2, 0.25) is 6.79 Å². The minimum Gasteiger partial charge on any atom is -0.496 e. The van der Waals surface area contributed by atoms with Crippen molar-refractivity contribution in [3.8, 4) is 28.4 Å². The molecule has 0 atom stereocenters. The quantitative estimate of drug-likeness (QED) is 0.735. The smallest absolute Gasteiger partial charge is 0.251 e. The molecule has 1 amide bonds. The molecule has 2 N–H and O–H groups in total. The Morgan fingerprint density at radius 2 is 1.86 bits per heavy atom. The summed E-state index contributed by atoms with van der Waals surface area (Å²) in [4.78, 5) is 12.3. The fraction of sp³-hybridized carbons (Fsp3) is 0.227. The standard InChI is InChI=1S/C22H22N2O4/c1-13-20(16-6-4-5-7-17(16)26-3)21(22(23)25)14(2)24(13)11-15-8-9-18-19(10-15)28-12-27-18/h4-10H,11-12H2,1-3H3,(H2,23,25). The van der Waals surface area contributed by atoms with E-state index in [1.807, 2.05) is 56.3 Å². The number of nitrogens with two attached hydrogens (primary N) is 1. The van der Waals surface area contributed by atoms with Crippen molar-refractivity contribution in [2.45, 2.75) is 20.4 Å². The summed E-state index contributed by atoms with van der Waals surface area (Å²) in [6, 6.07) is 13.5. The molecule has 1 aliphatic heterocycles. The molecule has 0 spiro atoms. The fourth-order valence-corrected chi connectivity index (χ4v) is 3.82. The number of carbonyl (C=O) groups excluding carboxylic acids is 1. The molecule has 1 aromatic heterocycles. The number of benzene rings is 2. The lowest BCUT2D eigenvalue weighted by Crippen LogP contribution is -2.13. The molecule has 0 fully saturated rings. The lowest BCUT2D eigenvalue weighted by Gasteiger charge is -2.12. The van der Waals surface area contributed by atoms with E-state index in [4.69, 9.17) is 19.9 Å². The van der Waals surface area contributed by atoms with Crippen molar-refractivity contribution in [1.29, 1.82) is 0 Å². The van der Waals surface area contributed by atoms with Crippen LogP contribution >= 0.6 is 0 Å². The first kappa shape index (κ1) is 18.0. The molecule has 144 valence electrons. The normalized spacial score (nSPS) is 12.2. The number of ether oxygens (including phenoxy) is 3.